The topological polar surface area (TPSA) is 29.5 Å². The number of amides is 1. The Morgan fingerprint density at radius 3 is 2.89 bits per heavy atom. The molecular weight excluding hydrogens is 337 g/mol. The van der Waals surface area contributed by atoms with E-state index in [2.05, 4.69) is 15.9 Å². The second-order valence-electron chi connectivity index (χ2n) is 4.59. The number of morpholine rings is 1. The molecule has 3 nitrogen and oxygen atoms in total. The smallest absolute Gasteiger partial charge is 0.254 e. The van der Waals surface area contributed by atoms with E-state index in [0.29, 0.717) is 29.0 Å². The number of hydrogen-bond acceptors (Lipinski definition) is 2. The Morgan fingerprint density at radius 1 is 1.53 bits per heavy atom. The lowest BCUT2D eigenvalue weighted by molar-refractivity contribution is -0.0570. The van der Waals surface area contributed by atoms with Gasteiger partial charge >= 0.3 is 0 Å². The first kappa shape index (κ1) is 14.8. The Bertz CT molecular complexity index is 465. The molecule has 2 rings (SSSR count). The molecule has 0 bridgehead atoms. The molecule has 0 aliphatic carbocycles. The number of carbonyl (C=O) groups is 1. The van der Waals surface area contributed by atoms with E-state index in [1.165, 1.54) is 12.1 Å². The van der Waals surface area contributed by atoms with Crippen LogP contribution in [0.25, 0.3) is 0 Å². The van der Waals surface area contributed by atoms with Crippen molar-refractivity contribution in [2.75, 3.05) is 19.0 Å². The predicted molar refractivity (Wildman–Crippen MR) is 75.1 cm³/mol. The number of rotatable bonds is 2. The van der Waals surface area contributed by atoms with Crippen molar-refractivity contribution in [3.63, 3.8) is 0 Å². The van der Waals surface area contributed by atoms with Gasteiger partial charge in [-0.2, -0.15) is 0 Å². The monoisotopic (exact) mass is 349 g/mol. The van der Waals surface area contributed by atoms with E-state index in [-0.39, 0.29) is 18.1 Å². The summed E-state index contributed by atoms with van der Waals surface area (Å²) in [7, 11) is 0. The molecule has 1 aromatic carbocycles. The van der Waals surface area contributed by atoms with Crippen molar-refractivity contribution in [1.82, 2.24) is 4.90 Å². The van der Waals surface area contributed by atoms with Gasteiger partial charge in [0.1, 0.15) is 5.82 Å². The molecule has 2 atom stereocenters. The Kier molecular flexibility index (Phi) is 4.81. The van der Waals surface area contributed by atoms with Crippen molar-refractivity contribution in [1.29, 1.82) is 0 Å². The van der Waals surface area contributed by atoms with Gasteiger partial charge in [0.05, 0.1) is 18.1 Å². The molecular formula is C13H14BrClFNO2. The summed E-state index contributed by atoms with van der Waals surface area (Å²) in [6.07, 6.45) is -0.246. The van der Waals surface area contributed by atoms with Gasteiger partial charge in [-0.25, -0.2) is 4.39 Å². The fourth-order valence-corrected chi connectivity index (χ4v) is 2.79. The summed E-state index contributed by atoms with van der Waals surface area (Å²) in [6.45, 7) is 2.81. The highest BCUT2D eigenvalue weighted by Crippen LogP contribution is 2.19. The van der Waals surface area contributed by atoms with Crippen molar-refractivity contribution in [2.24, 2.45) is 0 Å². The molecule has 0 N–H and O–H groups in total. The first-order valence-electron chi connectivity index (χ1n) is 5.96. The summed E-state index contributed by atoms with van der Waals surface area (Å²) in [5, 5.41) is 0. The summed E-state index contributed by atoms with van der Waals surface area (Å²) in [6, 6.07) is 4.17. The minimum absolute atomic E-state index is 0.0709. The Balaban J connectivity index is 2.18. The zero-order chi connectivity index (χ0) is 14.0. The Labute approximate surface area is 124 Å². The van der Waals surface area contributed by atoms with Gasteiger partial charge in [0.2, 0.25) is 0 Å². The third-order valence-electron chi connectivity index (χ3n) is 2.90. The molecule has 104 valence electrons. The zero-order valence-electron chi connectivity index (χ0n) is 10.4. The summed E-state index contributed by atoms with van der Waals surface area (Å²) < 4.78 is 19.5. The van der Waals surface area contributed by atoms with Crippen molar-refractivity contribution in [3.05, 3.63) is 34.1 Å². The van der Waals surface area contributed by atoms with Crippen LogP contribution in [-0.4, -0.2) is 42.0 Å². The van der Waals surface area contributed by atoms with Crippen molar-refractivity contribution in [2.45, 2.75) is 19.1 Å². The molecule has 1 heterocycles. The van der Waals surface area contributed by atoms with Gasteiger partial charge in [0.15, 0.2) is 0 Å². The van der Waals surface area contributed by atoms with Gasteiger partial charge in [-0.1, -0.05) is 15.9 Å². The van der Waals surface area contributed by atoms with Gasteiger partial charge in [-0.3, -0.25) is 4.79 Å². The highest BCUT2D eigenvalue weighted by atomic mass is 79.9. The highest BCUT2D eigenvalue weighted by Gasteiger charge is 2.28. The summed E-state index contributed by atoms with van der Waals surface area (Å²) in [5.74, 6) is -0.306. The van der Waals surface area contributed by atoms with Crippen molar-refractivity contribution >= 4 is 33.4 Å². The van der Waals surface area contributed by atoms with Crippen LogP contribution < -0.4 is 0 Å². The van der Waals surface area contributed by atoms with Crippen LogP contribution in [0.5, 0.6) is 0 Å². The zero-order valence-corrected chi connectivity index (χ0v) is 12.7. The van der Waals surface area contributed by atoms with E-state index < -0.39 is 5.82 Å². The lowest BCUT2D eigenvalue weighted by Crippen LogP contribution is -2.49. The molecule has 0 spiro atoms. The SMILES string of the molecule is CC1CN(C(=O)c2cc(F)cc(Br)c2)CC(CCl)O1. The second kappa shape index (κ2) is 6.20. The average molecular weight is 351 g/mol. The predicted octanol–water partition coefficient (Wildman–Crippen LogP) is 3.06. The molecule has 0 radical (unpaired) electrons. The normalized spacial score (nSPS) is 23.5. The van der Waals surface area contributed by atoms with Gasteiger partial charge in [-0.05, 0) is 25.1 Å². The minimum Gasteiger partial charge on any atom is -0.370 e. The largest absolute Gasteiger partial charge is 0.370 e. The van der Waals surface area contributed by atoms with Gasteiger partial charge < -0.3 is 9.64 Å². The Morgan fingerprint density at radius 2 is 2.26 bits per heavy atom. The maximum atomic E-state index is 13.3. The first-order chi connectivity index (χ1) is 8.99. The third-order valence-corrected chi connectivity index (χ3v) is 3.70. The van der Waals surface area contributed by atoms with Gasteiger partial charge in [0.25, 0.3) is 5.91 Å². The standard InChI is InChI=1S/C13H14BrClFNO2/c1-8-6-17(7-12(5-15)19-8)13(18)9-2-10(14)4-11(16)3-9/h2-4,8,12H,5-7H2,1H3. The fourth-order valence-electron chi connectivity index (χ4n) is 2.16. The van der Waals surface area contributed by atoms with E-state index >= 15 is 0 Å². The fraction of sp³-hybridized carbons (Fsp3) is 0.462. The van der Waals surface area contributed by atoms with E-state index in [4.69, 9.17) is 16.3 Å². The summed E-state index contributed by atoms with van der Waals surface area (Å²) in [4.78, 5) is 14.0. The number of ether oxygens (including phenoxy) is 1. The van der Waals surface area contributed by atoms with E-state index in [0.717, 1.165) is 0 Å². The van der Waals surface area contributed by atoms with Crippen LogP contribution in [0.4, 0.5) is 4.39 Å². The van der Waals surface area contributed by atoms with E-state index in [1.807, 2.05) is 6.92 Å². The van der Waals surface area contributed by atoms with Gasteiger partial charge in [0, 0.05) is 23.1 Å². The average Bonchev–Trinajstić information content (AvgIpc) is 2.35. The minimum atomic E-state index is -0.437. The van der Waals surface area contributed by atoms with Crippen LogP contribution in [0.15, 0.2) is 22.7 Å². The quantitative estimate of drug-likeness (QED) is 0.767. The molecule has 19 heavy (non-hydrogen) atoms. The highest BCUT2D eigenvalue weighted by molar-refractivity contribution is 9.10. The van der Waals surface area contributed by atoms with Crippen LogP contribution in [0.3, 0.4) is 0 Å². The van der Waals surface area contributed by atoms with E-state index in [1.54, 1.807) is 11.0 Å². The lowest BCUT2D eigenvalue weighted by Gasteiger charge is -2.36. The molecule has 1 aliphatic rings. The molecule has 1 fully saturated rings. The Hall–Kier alpha value is -0.650. The third kappa shape index (κ3) is 3.68. The molecule has 0 aromatic heterocycles. The number of carbonyl (C=O) groups excluding carboxylic acids is 1. The van der Waals surface area contributed by atoms with Crippen LogP contribution in [-0.2, 0) is 4.74 Å². The number of hydrogen-bond donors (Lipinski definition) is 0. The first-order valence-corrected chi connectivity index (χ1v) is 7.29. The molecule has 2 unspecified atom stereocenters. The molecule has 1 aliphatic heterocycles. The molecule has 1 amide bonds. The van der Waals surface area contributed by atoms with E-state index in [9.17, 15) is 9.18 Å². The summed E-state index contributed by atoms with van der Waals surface area (Å²) >= 11 is 8.97. The summed E-state index contributed by atoms with van der Waals surface area (Å²) in [5.41, 5.74) is 0.328. The van der Waals surface area contributed by atoms with Crippen LogP contribution in [0.2, 0.25) is 0 Å². The number of alkyl halides is 1. The number of benzene rings is 1. The maximum Gasteiger partial charge on any atom is 0.254 e. The van der Waals surface area contributed by atoms with Gasteiger partial charge in [-0.15, -0.1) is 11.6 Å². The molecule has 1 aromatic rings. The number of nitrogens with zero attached hydrogens (tertiary/aromatic N) is 1. The van der Waals surface area contributed by atoms with Crippen LogP contribution in [0, 0.1) is 5.82 Å². The second-order valence-corrected chi connectivity index (χ2v) is 5.82. The lowest BCUT2D eigenvalue weighted by atomic mass is 10.1. The molecule has 0 saturated carbocycles. The molecule has 6 heteroatoms. The van der Waals surface area contributed by atoms with Crippen molar-refractivity contribution < 1.29 is 13.9 Å². The maximum absolute atomic E-state index is 13.3. The van der Waals surface area contributed by atoms with Crippen LogP contribution in [0.1, 0.15) is 17.3 Å². The number of halogens is 3. The molecule has 1 saturated heterocycles. The van der Waals surface area contributed by atoms with Crippen molar-refractivity contribution in [3.8, 4) is 0 Å². The van der Waals surface area contributed by atoms with Crippen LogP contribution >= 0.6 is 27.5 Å².